The molecule has 0 aliphatic rings. The summed E-state index contributed by atoms with van der Waals surface area (Å²) in [6.07, 6.45) is -3.45. The zero-order valence-electron chi connectivity index (χ0n) is 13.8. The van der Waals surface area contributed by atoms with Crippen molar-refractivity contribution in [3.63, 3.8) is 0 Å². The summed E-state index contributed by atoms with van der Waals surface area (Å²) in [5.41, 5.74) is -0.761. The maximum Gasteiger partial charge on any atom is 0.419 e. The monoisotopic (exact) mass is 397 g/mol. The molecule has 0 saturated heterocycles. The van der Waals surface area contributed by atoms with Gasteiger partial charge in [0.15, 0.2) is 0 Å². The molecule has 0 aliphatic heterocycles. The Morgan fingerprint density at radius 1 is 1.19 bits per heavy atom. The van der Waals surface area contributed by atoms with Crippen molar-refractivity contribution >= 4 is 23.2 Å². The molecule has 4 nitrogen and oxygen atoms in total. The highest BCUT2D eigenvalue weighted by Gasteiger charge is 2.34. The number of anilines is 1. The number of rotatable bonds is 3. The summed E-state index contributed by atoms with van der Waals surface area (Å²) in [7, 11) is 1.59. The molecule has 0 bridgehead atoms. The number of aryl methyl sites for hydroxylation is 1. The lowest BCUT2D eigenvalue weighted by Gasteiger charge is -2.11. The molecule has 0 unspecified atom stereocenters. The molecular formula is C18H12ClF4N3O. The molecule has 0 atom stereocenters. The summed E-state index contributed by atoms with van der Waals surface area (Å²) in [4.78, 5) is 12.6. The number of alkyl halides is 3. The van der Waals surface area contributed by atoms with Gasteiger partial charge in [-0.1, -0.05) is 29.8 Å². The molecule has 1 N–H and O–H groups in total. The molecule has 0 aliphatic carbocycles. The van der Waals surface area contributed by atoms with E-state index in [9.17, 15) is 22.4 Å². The molecule has 27 heavy (non-hydrogen) atoms. The SMILES string of the molecule is Cn1cc(C(=O)Nc2ccc(F)c(C(F)(F)F)c2)c(-c2ccccc2Cl)n1. The highest BCUT2D eigenvalue weighted by atomic mass is 35.5. The number of hydrogen-bond donors (Lipinski definition) is 1. The summed E-state index contributed by atoms with van der Waals surface area (Å²) < 4.78 is 53.3. The lowest BCUT2D eigenvalue weighted by Crippen LogP contribution is -2.14. The second-order valence-electron chi connectivity index (χ2n) is 5.69. The molecule has 0 spiro atoms. The average Bonchev–Trinajstić information content (AvgIpc) is 2.98. The number of benzene rings is 2. The summed E-state index contributed by atoms with van der Waals surface area (Å²) in [6, 6.07) is 8.96. The van der Waals surface area contributed by atoms with Crippen molar-refractivity contribution in [2.45, 2.75) is 6.18 Å². The fraction of sp³-hybridized carbons (Fsp3) is 0.111. The Kier molecular flexibility index (Phi) is 4.93. The standard InChI is InChI=1S/C18H12ClF4N3O/c1-26-9-12(16(25-26)11-4-2-3-5-14(11)19)17(27)24-10-6-7-15(20)13(8-10)18(21,22)23/h2-9H,1H3,(H,24,27). The molecule has 9 heteroatoms. The van der Waals surface area contributed by atoms with Crippen molar-refractivity contribution in [2.75, 3.05) is 5.32 Å². The molecule has 3 rings (SSSR count). The third-order valence-electron chi connectivity index (χ3n) is 3.73. The van der Waals surface area contributed by atoms with Crippen molar-refractivity contribution < 1.29 is 22.4 Å². The minimum Gasteiger partial charge on any atom is -0.322 e. The minimum absolute atomic E-state index is 0.114. The van der Waals surface area contributed by atoms with Gasteiger partial charge in [0.2, 0.25) is 0 Å². The Hall–Kier alpha value is -2.87. The number of halogens is 5. The van der Waals surface area contributed by atoms with E-state index in [1.807, 2.05) is 0 Å². The molecule has 1 amide bonds. The second-order valence-corrected chi connectivity index (χ2v) is 6.10. The molecule has 0 saturated carbocycles. The number of carbonyl (C=O) groups excluding carboxylic acids is 1. The van der Waals surface area contributed by atoms with Gasteiger partial charge in [-0.3, -0.25) is 9.48 Å². The van der Waals surface area contributed by atoms with E-state index in [4.69, 9.17) is 11.6 Å². The van der Waals surface area contributed by atoms with Crippen LogP contribution in [0.1, 0.15) is 15.9 Å². The van der Waals surface area contributed by atoms with Gasteiger partial charge in [0.25, 0.3) is 5.91 Å². The van der Waals surface area contributed by atoms with Crippen LogP contribution in [0.25, 0.3) is 11.3 Å². The first-order chi connectivity index (χ1) is 12.7. The number of carbonyl (C=O) groups is 1. The maximum absolute atomic E-state index is 13.4. The van der Waals surface area contributed by atoms with Crippen LogP contribution in [0.5, 0.6) is 0 Å². The minimum atomic E-state index is -4.87. The average molecular weight is 398 g/mol. The molecule has 1 aromatic heterocycles. The van der Waals surface area contributed by atoms with E-state index in [1.165, 1.54) is 10.9 Å². The van der Waals surface area contributed by atoms with Crippen LogP contribution in [0.2, 0.25) is 5.02 Å². The van der Waals surface area contributed by atoms with Gasteiger partial charge < -0.3 is 5.32 Å². The van der Waals surface area contributed by atoms with E-state index in [0.29, 0.717) is 22.7 Å². The predicted molar refractivity (Wildman–Crippen MR) is 93.0 cm³/mol. The quantitative estimate of drug-likeness (QED) is 0.621. The van der Waals surface area contributed by atoms with Crippen LogP contribution in [-0.2, 0) is 13.2 Å². The molecule has 1 heterocycles. The maximum atomic E-state index is 13.4. The van der Waals surface area contributed by atoms with Crippen LogP contribution in [0.4, 0.5) is 23.2 Å². The number of hydrogen-bond acceptors (Lipinski definition) is 2. The lowest BCUT2D eigenvalue weighted by molar-refractivity contribution is -0.139. The van der Waals surface area contributed by atoms with Crippen LogP contribution in [-0.4, -0.2) is 15.7 Å². The highest BCUT2D eigenvalue weighted by molar-refractivity contribution is 6.33. The zero-order valence-corrected chi connectivity index (χ0v) is 14.6. The van der Waals surface area contributed by atoms with Crippen LogP contribution >= 0.6 is 11.6 Å². The van der Waals surface area contributed by atoms with Crippen molar-refractivity contribution in [2.24, 2.45) is 7.05 Å². The predicted octanol–water partition coefficient (Wildman–Crippen LogP) is 5.15. The normalized spacial score (nSPS) is 11.5. The summed E-state index contributed by atoms with van der Waals surface area (Å²) in [6.45, 7) is 0. The van der Waals surface area contributed by atoms with Gasteiger partial charge >= 0.3 is 6.18 Å². The Balaban J connectivity index is 1.96. The van der Waals surface area contributed by atoms with Crippen LogP contribution in [0.15, 0.2) is 48.7 Å². The highest BCUT2D eigenvalue weighted by Crippen LogP contribution is 2.33. The van der Waals surface area contributed by atoms with Crippen molar-refractivity contribution in [3.05, 3.63) is 70.6 Å². The van der Waals surface area contributed by atoms with Gasteiger partial charge in [-0.25, -0.2) is 4.39 Å². The zero-order chi connectivity index (χ0) is 19.8. The second kappa shape index (κ2) is 7.03. The Morgan fingerprint density at radius 2 is 1.89 bits per heavy atom. The molecular weight excluding hydrogens is 386 g/mol. The Morgan fingerprint density at radius 3 is 2.56 bits per heavy atom. The Bertz CT molecular complexity index is 1010. The van der Waals surface area contributed by atoms with Gasteiger partial charge in [0.1, 0.15) is 11.5 Å². The number of nitrogens with one attached hydrogen (secondary N) is 1. The number of nitrogens with zero attached hydrogens (tertiary/aromatic N) is 2. The van der Waals surface area contributed by atoms with Crippen LogP contribution < -0.4 is 5.32 Å². The molecule has 0 radical (unpaired) electrons. The summed E-state index contributed by atoms with van der Waals surface area (Å²) >= 11 is 6.15. The first-order valence-corrected chi connectivity index (χ1v) is 8.01. The first-order valence-electron chi connectivity index (χ1n) is 7.63. The van der Waals surface area contributed by atoms with Crippen molar-refractivity contribution in [3.8, 4) is 11.3 Å². The van der Waals surface area contributed by atoms with Crippen molar-refractivity contribution in [1.29, 1.82) is 0 Å². The van der Waals surface area contributed by atoms with Gasteiger partial charge in [-0.2, -0.15) is 18.3 Å². The van der Waals surface area contributed by atoms with Crippen LogP contribution in [0.3, 0.4) is 0 Å². The van der Waals surface area contributed by atoms with Gasteiger partial charge in [-0.15, -0.1) is 0 Å². The molecule has 0 fully saturated rings. The first kappa shape index (κ1) is 18.9. The molecule has 2 aromatic carbocycles. The van der Waals surface area contributed by atoms with E-state index < -0.39 is 23.5 Å². The van der Waals surface area contributed by atoms with Crippen molar-refractivity contribution in [1.82, 2.24) is 9.78 Å². The largest absolute Gasteiger partial charge is 0.419 e. The smallest absolute Gasteiger partial charge is 0.322 e. The van der Waals surface area contributed by atoms with E-state index in [-0.39, 0.29) is 16.9 Å². The fourth-order valence-electron chi connectivity index (χ4n) is 2.53. The summed E-state index contributed by atoms with van der Waals surface area (Å²) in [5.74, 6) is -2.11. The van der Waals surface area contributed by atoms with E-state index in [2.05, 4.69) is 10.4 Å². The number of amides is 1. The van der Waals surface area contributed by atoms with E-state index in [1.54, 1.807) is 31.3 Å². The van der Waals surface area contributed by atoms with E-state index >= 15 is 0 Å². The number of aromatic nitrogens is 2. The topological polar surface area (TPSA) is 46.9 Å². The lowest BCUT2D eigenvalue weighted by atomic mass is 10.1. The Labute approximate surface area is 156 Å². The van der Waals surface area contributed by atoms with Gasteiger partial charge in [-0.05, 0) is 24.3 Å². The molecule has 140 valence electrons. The summed E-state index contributed by atoms with van der Waals surface area (Å²) in [5, 5.41) is 6.91. The van der Waals surface area contributed by atoms with E-state index in [0.717, 1.165) is 6.07 Å². The van der Waals surface area contributed by atoms with Gasteiger partial charge in [0, 0.05) is 24.5 Å². The van der Waals surface area contributed by atoms with Crippen LogP contribution in [0, 0.1) is 5.82 Å². The van der Waals surface area contributed by atoms with Gasteiger partial charge in [0.05, 0.1) is 16.1 Å². The fourth-order valence-corrected chi connectivity index (χ4v) is 2.75. The third-order valence-corrected chi connectivity index (χ3v) is 4.06. The third kappa shape index (κ3) is 3.95. The molecule has 3 aromatic rings.